The van der Waals surface area contributed by atoms with E-state index in [1.165, 1.54) is 27.7 Å². The molecular weight excluding hydrogens is 220 g/mol. The predicted octanol–water partition coefficient (Wildman–Crippen LogP) is 3.66. The van der Waals surface area contributed by atoms with Gasteiger partial charge in [-0.05, 0) is 38.9 Å². The molecule has 1 unspecified atom stereocenters. The third kappa shape index (κ3) is 1.77. The topological polar surface area (TPSA) is 19.0 Å². The fourth-order valence-electron chi connectivity index (χ4n) is 2.92. The van der Waals surface area contributed by atoms with E-state index in [4.69, 9.17) is 0 Å². The van der Waals surface area contributed by atoms with E-state index in [0.29, 0.717) is 6.04 Å². The summed E-state index contributed by atoms with van der Waals surface area (Å²) in [5.41, 5.74) is 5.53. The molecule has 1 aliphatic heterocycles. The number of allylic oxidation sites excluding steroid dienone is 1. The molecule has 2 heteroatoms. The van der Waals surface area contributed by atoms with Crippen LogP contribution in [0.25, 0.3) is 10.9 Å². The summed E-state index contributed by atoms with van der Waals surface area (Å²) in [6, 6.07) is 9.03. The highest BCUT2D eigenvalue weighted by atomic mass is 15.1. The van der Waals surface area contributed by atoms with Crippen LogP contribution in [0, 0.1) is 0 Å². The maximum Gasteiger partial charge on any atom is 0.0687 e. The van der Waals surface area contributed by atoms with E-state index in [1.54, 1.807) is 0 Å². The highest BCUT2D eigenvalue weighted by molar-refractivity contribution is 5.85. The monoisotopic (exact) mass is 240 g/mol. The summed E-state index contributed by atoms with van der Waals surface area (Å²) in [5, 5.41) is 1.40. The SMILES string of the molecule is CC(C)=CC1c2[nH]c3ccccc3c2CCN1C. The quantitative estimate of drug-likeness (QED) is 0.754. The van der Waals surface area contributed by atoms with E-state index >= 15 is 0 Å². The molecule has 1 atom stereocenters. The Kier molecular flexibility index (Phi) is 2.75. The zero-order valence-corrected chi connectivity index (χ0v) is 11.3. The van der Waals surface area contributed by atoms with Crippen molar-refractivity contribution in [2.45, 2.75) is 26.3 Å². The van der Waals surface area contributed by atoms with Gasteiger partial charge in [0.25, 0.3) is 0 Å². The maximum atomic E-state index is 3.62. The van der Waals surface area contributed by atoms with Crippen LogP contribution in [-0.2, 0) is 6.42 Å². The van der Waals surface area contributed by atoms with Crippen LogP contribution in [0.15, 0.2) is 35.9 Å². The molecule has 0 saturated heterocycles. The second-order valence-electron chi connectivity index (χ2n) is 5.48. The first kappa shape index (κ1) is 11.5. The van der Waals surface area contributed by atoms with E-state index in [0.717, 1.165) is 13.0 Å². The average molecular weight is 240 g/mol. The summed E-state index contributed by atoms with van der Waals surface area (Å²) in [6.07, 6.45) is 3.50. The second-order valence-corrected chi connectivity index (χ2v) is 5.48. The minimum atomic E-state index is 0.395. The number of rotatable bonds is 1. The number of aromatic nitrogens is 1. The van der Waals surface area contributed by atoms with Gasteiger partial charge in [-0.3, -0.25) is 4.90 Å². The van der Waals surface area contributed by atoms with Gasteiger partial charge in [-0.15, -0.1) is 0 Å². The third-order valence-electron chi connectivity index (χ3n) is 3.82. The number of hydrogen-bond acceptors (Lipinski definition) is 1. The van der Waals surface area contributed by atoms with E-state index in [9.17, 15) is 0 Å². The molecule has 0 amide bonds. The summed E-state index contributed by atoms with van der Waals surface area (Å²) >= 11 is 0. The van der Waals surface area contributed by atoms with Gasteiger partial charge in [0.15, 0.2) is 0 Å². The van der Waals surface area contributed by atoms with Crippen molar-refractivity contribution in [2.24, 2.45) is 0 Å². The summed E-state index contributed by atoms with van der Waals surface area (Å²) in [7, 11) is 2.21. The number of nitrogens with zero attached hydrogens (tertiary/aromatic N) is 1. The molecule has 1 aromatic heterocycles. The number of para-hydroxylation sites is 1. The van der Waals surface area contributed by atoms with Crippen molar-refractivity contribution in [2.75, 3.05) is 13.6 Å². The van der Waals surface area contributed by atoms with E-state index < -0.39 is 0 Å². The molecule has 2 aromatic rings. The lowest BCUT2D eigenvalue weighted by atomic mass is 9.96. The van der Waals surface area contributed by atoms with Crippen LogP contribution in [-0.4, -0.2) is 23.5 Å². The van der Waals surface area contributed by atoms with Crippen LogP contribution >= 0.6 is 0 Å². The molecule has 0 bridgehead atoms. The second kappa shape index (κ2) is 4.29. The first-order valence-electron chi connectivity index (χ1n) is 6.61. The van der Waals surface area contributed by atoms with Gasteiger partial charge in [0.2, 0.25) is 0 Å². The number of benzene rings is 1. The first-order valence-corrected chi connectivity index (χ1v) is 6.61. The number of hydrogen-bond donors (Lipinski definition) is 1. The van der Waals surface area contributed by atoms with Gasteiger partial charge < -0.3 is 4.98 Å². The molecule has 1 N–H and O–H groups in total. The normalized spacial score (nSPS) is 19.8. The van der Waals surface area contributed by atoms with Gasteiger partial charge in [0.1, 0.15) is 0 Å². The fourth-order valence-corrected chi connectivity index (χ4v) is 2.92. The Morgan fingerprint density at radius 3 is 2.89 bits per heavy atom. The largest absolute Gasteiger partial charge is 0.357 e. The molecule has 94 valence electrons. The lowest BCUT2D eigenvalue weighted by molar-refractivity contribution is 0.267. The first-order chi connectivity index (χ1) is 8.66. The minimum Gasteiger partial charge on any atom is -0.357 e. The standard InChI is InChI=1S/C16H20N2/c1-11(2)10-15-16-13(8-9-18(15)3)12-6-4-5-7-14(12)17-16/h4-7,10,15,17H,8-9H2,1-3H3. The minimum absolute atomic E-state index is 0.395. The number of likely N-dealkylation sites (N-methyl/N-ethyl adjacent to an activating group) is 1. The van der Waals surface area contributed by atoms with Crippen LogP contribution < -0.4 is 0 Å². The zero-order valence-electron chi connectivity index (χ0n) is 11.3. The van der Waals surface area contributed by atoms with E-state index in [2.05, 4.69) is 61.1 Å². The highest BCUT2D eigenvalue weighted by Gasteiger charge is 2.26. The Bertz CT molecular complexity index is 603. The van der Waals surface area contributed by atoms with Crippen LogP contribution in [0.5, 0.6) is 0 Å². The number of aromatic amines is 1. The molecule has 2 heterocycles. The van der Waals surface area contributed by atoms with Crippen molar-refractivity contribution in [3.05, 3.63) is 47.2 Å². The predicted molar refractivity (Wildman–Crippen MR) is 76.8 cm³/mol. The molecule has 0 fully saturated rings. The molecule has 0 aliphatic carbocycles. The lowest BCUT2D eigenvalue weighted by Crippen LogP contribution is -2.31. The van der Waals surface area contributed by atoms with E-state index in [-0.39, 0.29) is 0 Å². The van der Waals surface area contributed by atoms with Crippen molar-refractivity contribution in [3.8, 4) is 0 Å². The lowest BCUT2D eigenvalue weighted by Gasteiger charge is -2.31. The average Bonchev–Trinajstić information content (AvgIpc) is 2.71. The molecular formula is C16H20N2. The molecule has 1 aliphatic rings. The van der Waals surface area contributed by atoms with E-state index in [1.807, 2.05) is 0 Å². The van der Waals surface area contributed by atoms with Crippen LogP contribution in [0.1, 0.15) is 31.1 Å². The maximum absolute atomic E-state index is 3.62. The highest BCUT2D eigenvalue weighted by Crippen LogP contribution is 2.34. The van der Waals surface area contributed by atoms with Crippen molar-refractivity contribution in [1.82, 2.24) is 9.88 Å². The van der Waals surface area contributed by atoms with Crippen molar-refractivity contribution in [3.63, 3.8) is 0 Å². The molecule has 18 heavy (non-hydrogen) atoms. The zero-order chi connectivity index (χ0) is 12.7. The summed E-state index contributed by atoms with van der Waals surface area (Å²) in [6.45, 7) is 5.47. The van der Waals surface area contributed by atoms with Crippen LogP contribution in [0.3, 0.4) is 0 Å². The summed E-state index contributed by atoms with van der Waals surface area (Å²) in [4.78, 5) is 6.04. The molecule has 0 spiro atoms. The Balaban J connectivity index is 2.19. The third-order valence-corrected chi connectivity index (χ3v) is 3.82. The van der Waals surface area contributed by atoms with Gasteiger partial charge >= 0.3 is 0 Å². The van der Waals surface area contributed by atoms with Crippen molar-refractivity contribution < 1.29 is 0 Å². The Hall–Kier alpha value is -1.54. The fraction of sp³-hybridized carbons (Fsp3) is 0.375. The van der Waals surface area contributed by atoms with Gasteiger partial charge in [0.05, 0.1) is 6.04 Å². The smallest absolute Gasteiger partial charge is 0.0687 e. The van der Waals surface area contributed by atoms with Gasteiger partial charge in [0, 0.05) is 23.1 Å². The molecule has 0 saturated carbocycles. The number of nitrogens with one attached hydrogen (secondary N) is 1. The van der Waals surface area contributed by atoms with Crippen molar-refractivity contribution in [1.29, 1.82) is 0 Å². The van der Waals surface area contributed by atoms with Crippen LogP contribution in [0.2, 0.25) is 0 Å². The molecule has 0 radical (unpaired) electrons. The Morgan fingerprint density at radius 2 is 2.11 bits per heavy atom. The van der Waals surface area contributed by atoms with Gasteiger partial charge in [-0.1, -0.05) is 29.8 Å². The molecule has 3 rings (SSSR count). The molecule has 2 nitrogen and oxygen atoms in total. The number of fused-ring (bicyclic) bond motifs is 3. The Morgan fingerprint density at radius 1 is 1.33 bits per heavy atom. The summed E-state index contributed by atoms with van der Waals surface area (Å²) < 4.78 is 0. The summed E-state index contributed by atoms with van der Waals surface area (Å²) in [5.74, 6) is 0. The van der Waals surface area contributed by atoms with Crippen LogP contribution in [0.4, 0.5) is 0 Å². The van der Waals surface area contributed by atoms with Gasteiger partial charge in [-0.25, -0.2) is 0 Å². The number of H-pyrrole nitrogens is 1. The molecule has 1 aromatic carbocycles. The Labute approximate surface area is 108 Å². The van der Waals surface area contributed by atoms with Gasteiger partial charge in [-0.2, -0.15) is 0 Å². The van der Waals surface area contributed by atoms with Crippen molar-refractivity contribution >= 4 is 10.9 Å².